The van der Waals surface area contributed by atoms with Crippen molar-refractivity contribution in [3.63, 3.8) is 0 Å². The zero-order valence-corrected chi connectivity index (χ0v) is 28.3. The first kappa shape index (κ1) is 38.0. The molecule has 4 rings (SSSR count). The lowest BCUT2D eigenvalue weighted by molar-refractivity contribution is -0.118. The van der Waals surface area contributed by atoms with Gasteiger partial charge < -0.3 is 40.2 Å². The predicted molar refractivity (Wildman–Crippen MR) is 188 cm³/mol. The minimum atomic E-state index is -3.25. The molecule has 1 unspecified atom stereocenters. The number of benzene rings is 2. The van der Waals surface area contributed by atoms with Crippen LogP contribution >= 0.6 is 0 Å². The van der Waals surface area contributed by atoms with E-state index in [0.717, 1.165) is 0 Å². The van der Waals surface area contributed by atoms with E-state index in [4.69, 9.17) is 9.52 Å². The van der Waals surface area contributed by atoms with Crippen LogP contribution in [0.5, 0.6) is 0 Å². The van der Waals surface area contributed by atoms with E-state index in [0.29, 0.717) is 27.3 Å². The van der Waals surface area contributed by atoms with Crippen LogP contribution in [0.15, 0.2) is 94.7 Å². The van der Waals surface area contributed by atoms with Gasteiger partial charge in [0.2, 0.25) is 0 Å². The number of anilines is 1. The second-order valence-corrected chi connectivity index (χ2v) is 13.8. The van der Waals surface area contributed by atoms with Crippen molar-refractivity contribution >= 4 is 32.6 Å². The van der Waals surface area contributed by atoms with E-state index in [1.165, 1.54) is 30.1 Å². The summed E-state index contributed by atoms with van der Waals surface area (Å²) in [7, 11) is -1.62. The summed E-state index contributed by atoms with van der Waals surface area (Å²) < 4.78 is 22.1. The number of carbonyl (C=O) groups excluding carboxylic acids is 2. The fourth-order valence-electron chi connectivity index (χ4n) is 4.78. The van der Waals surface area contributed by atoms with Crippen LogP contribution in [0, 0.1) is 18.8 Å². The molecule has 0 saturated carbocycles. The summed E-state index contributed by atoms with van der Waals surface area (Å²) in [4.78, 5) is 32.1. The number of aliphatic hydroxyl groups is 5. The van der Waals surface area contributed by atoms with Gasteiger partial charge in [-0.05, 0) is 68.2 Å². The van der Waals surface area contributed by atoms with Crippen molar-refractivity contribution in [3.05, 3.63) is 113 Å². The van der Waals surface area contributed by atoms with Crippen molar-refractivity contribution in [1.82, 2.24) is 14.6 Å². The number of amides is 2. The molecule has 4 aromatic rings. The third kappa shape index (κ3) is 10.3. The summed E-state index contributed by atoms with van der Waals surface area (Å²) in [6, 6.07) is 18.5. The monoisotopic (exact) mass is 704 g/mol. The molecule has 2 aromatic carbocycles. The Morgan fingerprint density at radius 3 is 2.36 bits per heavy atom. The van der Waals surface area contributed by atoms with Gasteiger partial charge in [0, 0.05) is 52.8 Å². The highest BCUT2D eigenvalue weighted by Crippen LogP contribution is 2.16. The molecule has 2 heterocycles. The van der Waals surface area contributed by atoms with Crippen molar-refractivity contribution in [2.45, 2.75) is 42.7 Å². The molecule has 14 heteroatoms. The number of pyridine rings is 1. The maximum absolute atomic E-state index is 14.2. The van der Waals surface area contributed by atoms with Crippen LogP contribution in [0.25, 0.3) is 0 Å². The molecule has 0 aliphatic heterocycles. The summed E-state index contributed by atoms with van der Waals surface area (Å²) >= 11 is 0. The van der Waals surface area contributed by atoms with Gasteiger partial charge >= 0.3 is 0 Å². The van der Waals surface area contributed by atoms with Crippen molar-refractivity contribution in [2.24, 2.45) is 0 Å². The lowest BCUT2D eigenvalue weighted by atomic mass is 10.0. The number of aromatic nitrogens is 1. The molecule has 2 aromatic heterocycles. The summed E-state index contributed by atoms with van der Waals surface area (Å²) in [5.41, 5.74) is 2.38. The number of rotatable bonds is 14. The maximum atomic E-state index is 14.2. The highest BCUT2D eigenvalue weighted by atomic mass is 32.2. The lowest BCUT2D eigenvalue weighted by Gasteiger charge is -2.28. The Balaban J connectivity index is 1.45. The predicted octanol–water partition coefficient (Wildman–Crippen LogP) is 1.18. The molecule has 13 nitrogen and oxygen atoms in total. The van der Waals surface area contributed by atoms with Gasteiger partial charge in [-0.15, -0.1) is 0 Å². The van der Waals surface area contributed by atoms with E-state index in [-0.39, 0.29) is 36.7 Å². The van der Waals surface area contributed by atoms with Crippen molar-refractivity contribution in [3.8, 4) is 11.8 Å². The van der Waals surface area contributed by atoms with Gasteiger partial charge in [-0.3, -0.25) is 19.3 Å². The normalized spacial score (nSPS) is 14.7. The molecular formula is C36H40N4O9S. The summed E-state index contributed by atoms with van der Waals surface area (Å²) in [5.74, 6) is 5.15. The molecule has 0 saturated heterocycles. The van der Waals surface area contributed by atoms with E-state index >= 15 is 0 Å². The molecule has 0 radical (unpaired) electrons. The maximum Gasteiger partial charge on any atom is 0.291 e. The first-order valence-electron chi connectivity index (χ1n) is 15.6. The van der Waals surface area contributed by atoms with E-state index in [2.05, 4.69) is 26.9 Å². The largest absolute Gasteiger partial charge is 0.459 e. The van der Waals surface area contributed by atoms with Crippen LogP contribution in [0.1, 0.15) is 44.0 Å². The zero-order valence-electron chi connectivity index (χ0n) is 27.5. The number of carbonyl (C=O) groups is 2. The van der Waals surface area contributed by atoms with Gasteiger partial charge in [0.05, 0.1) is 34.2 Å². The topological polar surface area (TPSA) is 206 Å². The van der Waals surface area contributed by atoms with Crippen LogP contribution in [-0.4, -0.2) is 108 Å². The van der Waals surface area contributed by atoms with Gasteiger partial charge in [0.1, 0.15) is 18.3 Å². The second-order valence-electron chi connectivity index (χ2n) is 11.5. The number of hydrogen-bond donors (Lipinski definition) is 7. The Morgan fingerprint density at radius 2 is 1.66 bits per heavy atom. The first-order chi connectivity index (χ1) is 23.9. The van der Waals surface area contributed by atoms with Crippen LogP contribution in [-0.2, 0) is 9.71 Å². The lowest BCUT2D eigenvalue weighted by Crippen LogP contribution is -2.49. The average Bonchev–Trinajstić information content (AvgIpc) is 3.56. The minimum absolute atomic E-state index is 0.105. The molecule has 50 heavy (non-hydrogen) atoms. The molecule has 2 amide bonds. The smallest absolute Gasteiger partial charge is 0.291 e. The Morgan fingerprint density at radius 1 is 0.940 bits per heavy atom. The van der Waals surface area contributed by atoms with Crippen molar-refractivity contribution in [2.75, 3.05) is 32.1 Å². The molecular weight excluding hydrogens is 664 g/mol. The van der Waals surface area contributed by atoms with Gasteiger partial charge in [-0.2, -0.15) is 0 Å². The Bertz CT molecular complexity index is 1950. The number of hydrogen-bond acceptors (Lipinski definition) is 11. The van der Waals surface area contributed by atoms with Crippen LogP contribution in [0.3, 0.4) is 0 Å². The fourth-order valence-corrected chi connectivity index (χ4v) is 6.57. The fraction of sp³-hybridized carbons (Fsp3) is 0.278. The highest BCUT2D eigenvalue weighted by molar-refractivity contribution is 8.00. The Labute approximate surface area is 290 Å². The van der Waals surface area contributed by atoms with Gasteiger partial charge in [0.25, 0.3) is 11.8 Å². The Kier molecular flexibility index (Phi) is 13.4. The van der Waals surface area contributed by atoms with Gasteiger partial charge in [-0.1, -0.05) is 36.1 Å². The average molecular weight is 705 g/mol. The molecule has 5 atom stereocenters. The summed E-state index contributed by atoms with van der Waals surface area (Å²) in [5, 5.41) is 53.1. The van der Waals surface area contributed by atoms with Crippen LogP contribution in [0.2, 0.25) is 0 Å². The molecule has 0 spiro atoms. The number of nitrogens with zero attached hydrogens (tertiary/aromatic N) is 2. The van der Waals surface area contributed by atoms with E-state index in [1.807, 2.05) is 0 Å². The van der Waals surface area contributed by atoms with Gasteiger partial charge in [-0.25, -0.2) is 4.21 Å². The van der Waals surface area contributed by atoms with E-state index < -0.39 is 46.6 Å². The first-order valence-corrected chi connectivity index (χ1v) is 17.2. The second kappa shape index (κ2) is 17.7. The minimum Gasteiger partial charge on any atom is -0.459 e. The highest BCUT2D eigenvalue weighted by Gasteiger charge is 2.30. The molecule has 264 valence electrons. The van der Waals surface area contributed by atoms with E-state index in [1.54, 1.807) is 79.5 Å². The molecule has 0 aliphatic carbocycles. The van der Waals surface area contributed by atoms with E-state index in [9.17, 15) is 34.2 Å². The zero-order chi connectivity index (χ0) is 36.3. The molecule has 0 bridgehead atoms. The van der Waals surface area contributed by atoms with Crippen LogP contribution in [0.4, 0.5) is 5.69 Å². The quantitative estimate of drug-likeness (QED) is 0.0733. The number of aryl methyl sites for hydroxylation is 1. The standard InChI is InChI=1S/C36H40N4O9S/c1-24-14-16-49-34(24)36(47)38-28-9-6-8-25(19-28)12-13-26-18-27(21-37-20-26)35(46)39-50(48,29-10-4-3-5-11-29)17-7-15-40(2)22-30(42)32(44)33(45)31(43)23-41/h3-6,8-11,14,16-21,30-33,41-45H,7,15,22-23H2,1-2H3,(H,38,47)(H,39,46,48)/t30-,31+,32+,33-,50?/m0/s1. The van der Waals surface area contributed by atoms with Gasteiger partial charge in [0.15, 0.2) is 5.76 Å². The molecule has 0 fully saturated rings. The molecule has 0 aliphatic rings. The Hall–Kier alpha value is -4.85. The third-order valence-electron chi connectivity index (χ3n) is 7.57. The SMILES string of the molecule is Cc1ccoc1C(=O)Nc1cccc(C#Cc2cncc(C(=O)NS(=O)(=CCCN(C)C[C@H](O)[C@@H](O)[C@@H](O)[C@H](O)CO)c3ccccc3)c2)c1. The number of furan rings is 1. The van der Waals surface area contributed by atoms with Crippen LogP contribution < -0.4 is 10.0 Å². The van der Waals surface area contributed by atoms with Crippen molar-refractivity contribution < 1.29 is 43.7 Å². The summed E-state index contributed by atoms with van der Waals surface area (Å²) in [6.45, 7) is 1.14. The third-order valence-corrected chi connectivity index (χ3v) is 9.73. The number of aliphatic hydroxyl groups excluding tert-OH is 5. The number of likely N-dealkylation sites (N-methyl/N-ethyl adjacent to an activating group) is 1. The van der Waals surface area contributed by atoms with Crippen molar-refractivity contribution in [1.29, 1.82) is 0 Å². The molecule has 7 N–H and O–H groups in total. The summed E-state index contributed by atoms with van der Waals surface area (Å²) in [6.07, 6.45) is -2.06. The number of nitrogens with one attached hydrogen (secondary N) is 2.